The minimum absolute atomic E-state index is 0.00115. The highest BCUT2D eigenvalue weighted by Gasteiger charge is 2.05. The lowest BCUT2D eigenvalue weighted by Crippen LogP contribution is -2.35. The zero-order valence-corrected chi connectivity index (χ0v) is 7.92. The van der Waals surface area contributed by atoms with Crippen LogP contribution in [0, 0.1) is 0 Å². The molecule has 0 aliphatic carbocycles. The van der Waals surface area contributed by atoms with E-state index in [1.165, 1.54) is 6.08 Å². The number of nitrogens with one attached hydrogen (secondary N) is 1. The summed E-state index contributed by atoms with van der Waals surface area (Å²) in [6, 6.07) is -0.118. The first-order valence-electron chi connectivity index (χ1n) is 4.16. The van der Waals surface area contributed by atoms with Crippen LogP contribution in [0.3, 0.4) is 0 Å². The van der Waals surface area contributed by atoms with E-state index in [1.54, 1.807) is 0 Å². The molecule has 0 heterocycles. The zero-order chi connectivity index (χ0) is 9.56. The third kappa shape index (κ3) is 4.91. The lowest BCUT2D eigenvalue weighted by molar-refractivity contribution is -0.117. The molecule has 0 aliphatic rings. The number of carbonyl (C=O) groups is 1. The van der Waals surface area contributed by atoms with Crippen molar-refractivity contribution in [3.8, 4) is 0 Å². The minimum Gasteiger partial charge on any atom is -0.394 e. The fraction of sp³-hybridized carbons (Fsp3) is 0.667. The summed E-state index contributed by atoms with van der Waals surface area (Å²) in [6.45, 7) is 5.64. The summed E-state index contributed by atoms with van der Waals surface area (Å²) >= 11 is 0. The van der Waals surface area contributed by atoms with Crippen molar-refractivity contribution in [2.75, 3.05) is 6.61 Å². The fourth-order valence-electron chi connectivity index (χ4n) is 0.782. The second-order valence-corrected chi connectivity index (χ2v) is 3.02. The van der Waals surface area contributed by atoms with Crippen LogP contribution in [-0.2, 0) is 4.79 Å². The van der Waals surface area contributed by atoms with Gasteiger partial charge in [0.2, 0.25) is 5.91 Å². The van der Waals surface area contributed by atoms with Crippen LogP contribution in [0.4, 0.5) is 0 Å². The number of hydrogen-bond donors (Lipinski definition) is 2. The van der Waals surface area contributed by atoms with Crippen LogP contribution >= 0.6 is 0 Å². The van der Waals surface area contributed by atoms with E-state index >= 15 is 0 Å². The van der Waals surface area contributed by atoms with E-state index in [0.717, 1.165) is 12.0 Å². The molecule has 0 aromatic rings. The smallest absolute Gasteiger partial charge is 0.244 e. The summed E-state index contributed by atoms with van der Waals surface area (Å²) in [5, 5.41) is 11.5. The topological polar surface area (TPSA) is 49.3 Å². The zero-order valence-electron chi connectivity index (χ0n) is 7.92. The molecule has 12 heavy (non-hydrogen) atoms. The van der Waals surface area contributed by atoms with Crippen molar-refractivity contribution in [2.24, 2.45) is 0 Å². The molecule has 0 spiro atoms. The Kier molecular flexibility index (Phi) is 5.37. The van der Waals surface area contributed by atoms with Crippen molar-refractivity contribution in [1.29, 1.82) is 0 Å². The maximum absolute atomic E-state index is 11.1. The highest BCUT2D eigenvalue weighted by molar-refractivity contribution is 5.88. The van der Waals surface area contributed by atoms with Gasteiger partial charge in [-0.15, -0.1) is 0 Å². The molecular weight excluding hydrogens is 154 g/mol. The van der Waals surface area contributed by atoms with Gasteiger partial charge in [-0.3, -0.25) is 4.79 Å². The van der Waals surface area contributed by atoms with Gasteiger partial charge in [-0.1, -0.05) is 12.5 Å². The summed E-state index contributed by atoms with van der Waals surface area (Å²) in [5.74, 6) is -0.129. The Bertz CT molecular complexity index is 167. The van der Waals surface area contributed by atoms with Crippen LogP contribution in [0.2, 0.25) is 0 Å². The molecule has 0 saturated carbocycles. The molecule has 0 aliphatic heterocycles. The van der Waals surface area contributed by atoms with Crippen molar-refractivity contribution in [3.63, 3.8) is 0 Å². The highest BCUT2D eigenvalue weighted by Crippen LogP contribution is 1.92. The van der Waals surface area contributed by atoms with Gasteiger partial charge in [-0.25, -0.2) is 0 Å². The molecule has 0 unspecified atom stereocenters. The second-order valence-electron chi connectivity index (χ2n) is 3.02. The van der Waals surface area contributed by atoms with Gasteiger partial charge in [0.05, 0.1) is 12.6 Å². The highest BCUT2D eigenvalue weighted by atomic mass is 16.3. The summed E-state index contributed by atoms with van der Waals surface area (Å²) in [4.78, 5) is 11.1. The third-order valence-electron chi connectivity index (χ3n) is 1.48. The maximum Gasteiger partial charge on any atom is 0.244 e. The average molecular weight is 171 g/mol. The van der Waals surface area contributed by atoms with Crippen molar-refractivity contribution >= 4 is 5.91 Å². The summed E-state index contributed by atoms with van der Waals surface area (Å²) in [6.07, 6.45) is 2.27. The molecule has 3 heteroatoms. The van der Waals surface area contributed by atoms with Crippen molar-refractivity contribution < 1.29 is 9.90 Å². The first-order valence-corrected chi connectivity index (χ1v) is 4.16. The van der Waals surface area contributed by atoms with Gasteiger partial charge in [0.1, 0.15) is 0 Å². The SMILES string of the molecule is CC[C@@H](CO)NC(=O)C=C(C)C. The van der Waals surface area contributed by atoms with Gasteiger partial charge in [0, 0.05) is 6.08 Å². The normalized spacial score (nSPS) is 12.0. The van der Waals surface area contributed by atoms with E-state index in [9.17, 15) is 4.79 Å². The molecular formula is C9H17NO2. The van der Waals surface area contributed by atoms with Gasteiger partial charge in [-0.05, 0) is 20.3 Å². The molecule has 0 bridgehead atoms. The van der Waals surface area contributed by atoms with E-state index in [-0.39, 0.29) is 18.6 Å². The van der Waals surface area contributed by atoms with Crippen LogP contribution in [0.5, 0.6) is 0 Å². The van der Waals surface area contributed by atoms with E-state index in [1.807, 2.05) is 20.8 Å². The van der Waals surface area contributed by atoms with Crippen molar-refractivity contribution in [1.82, 2.24) is 5.32 Å². The molecule has 0 fully saturated rings. The molecule has 0 radical (unpaired) electrons. The number of amides is 1. The molecule has 0 aromatic heterocycles. The average Bonchev–Trinajstić information content (AvgIpc) is 1.98. The molecule has 2 N–H and O–H groups in total. The first kappa shape index (κ1) is 11.2. The molecule has 0 saturated heterocycles. The largest absolute Gasteiger partial charge is 0.394 e. The lowest BCUT2D eigenvalue weighted by atomic mass is 10.2. The van der Waals surface area contributed by atoms with E-state index in [4.69, 9.17) is 5.11 Å². The van der Waals surface area contributed by atoms with Crippen LogP contribution < -0.4 is 5.32 Å². The van der Waals surface area contributed by atoms with Crippen LogP contribution in [0.15, 0.2) is 11.6 Å². The summed E-state index contributed by atoms with van der Waals surface area (Å²) in [5.41, 5.74) is 0.959. The Morgan fingerprint density at radius 2 is 2.17 bits per heavy atom. The first-order chi connectivity index (χ1) is 5.60. The van der Waals surface area contributed by atoms with Crippen LogP contribution in [0.1, 0.15) is 27.2 Å². The van der Waals surface area contributed by atoms with Gasteiger partial charge in [0.25, 0.3) is 0 Å². The van der Waals surface area contributed by atoms with Crippen LogP contribution in [0.25, 0.3) is 0 Å². The predicted octanol–water partition coefficient (Wildman–Crippen LogP) is 0.840. The van der Waals surface area contributed by atoms with Gasteiger partial charge in [-0.2, -0.15) is 0 Å². The maximum atomic E-state index is 11.1. The monoisotopic (exact) mass is 171 g/mol. The number of aliphatic hydroxyl groups excluding tert-OH is 1. The number of rotatable bonds is 4. The Balaban J connectivity index is 3.90. The van der Waals surface area contributed by atoms with Gasteiger partial charge >= 0.3 is 0 Å². The van der Waals surface area contributed by atoms with Crippen LogP contribution in [-0.4, -0.2) is 23.7 Å². The molecule has 1 amide bonds. The van der Waals surface area contributed by atoms with Crippen molar-refractivity contribution in [2.45, 2.75) is 33.2 Å². The predicted molar refractivity (Wildman–Crippen MR) is 48.7 cm³/mol. The second kappa shape index (κ2) is 5.77. The molecule has 3 nitrogen and oxygen atoms in total. The van der Waals surface area contributed by atoms with Gasteiger partial charge < -0.3 is 10.4 Å². The molecule has 70 valence electrons. The van der Waals surface area contributed by atoms with Crippen molar-refractivity contribution in [3.05, 3.63) is 11.6 Å². The number of hydrogen-bond acceptors (Lipinski definition) is 2. The molecule has 0 rings (SSSR count). The Morgan fingerprint density at radius 1 is 1.58 bits per heavy atom. The van der Waals surface area contributed by atoms with E-state index < -0.39 is 0 Å². The summed E-state index contributed by atoms with van der Waals surface area (Å²) in [7, 11) is 0. The third-order valence-corrected chi connectivity index (χ3v) is 1.48. The Hall–Kier alpha value is -0.830. The quantitative estimate of drug-likeness (QED) is 0.616. The standard InChI is InChI=1S/C9H17NO2/c1-4-8(6-11)10-9(12)5-7(2)3/h5,8,11H,4,6H2,1-3H3,(H,10,12)/t8-/m0/s1. The summed E-state index contributed by atoms with van der Waals surface area (Å²) < 4.78 is 0. The Labute approximate surface area is 73.5 Å². The van der Waals surface area contributed by atoms with Gasteiger partial charge in [0.15, 0.2) is 0 Å². The molecule has 0 aromatic carbocycles. The molecule has 1 atom stereocenters. The minimum atomic E-state index is -0.129. The fourth-order valence-corrected chi connectivity index (χ4v) is 0.782. The number of aliphatic hydroxyl groups is 1. The Morgan fingerprint density at radius 3 is 2.50 bits per heavy atom. The number of carbonyl (C=O) groups excluding carboxylic acids is 1. The number of allylic oxidation sites excluding steroid dienone is 1. The van der Waals surface area contributed by atoms with E-state index in [0.29, 0.717) is 0 Å². The van der Waals surface area contributed by atoms with E-state index in [2.05, 4.69) is 5.32 Å². The lowest BCUT2D eigenvalue weighted by Gasteiger charge is -2.11.